The Hall–Kier alpha value is -0.320. The third-order valence-corrected chi connectivity index (χ3v) is 4.10. The summed E-state index contributed by atoms with van der Waals surface area (Å²) in [5.74, 6) is 0. The van der Waals surface area contributed by atoms with Crippen LogP contribution in [0.4, 0.5) is 0 Å². The molecule has 1 aromatic heterocycles. The summed E-state index contributed by atoms with van der Waals surface area (Å²) in [6.07, 6.45) is 0.878. The maximum atomic E-state index is 10.7. The quantitative estimate of drug-likeness (QED) is 0.503. The monoisotopic (exact) mass is 286 g/mol. The van der Waals surface area contributed by atoms with Gasteiger partial charge >= 0.3 is 0 Å². The predicted molar refractivity (Wildman–Crippen MR) is 67.1 cm³/mol. The number of hydrogen-bond donors (Lipinski definition) is 1. The summed E-state index contributed by atoms with van der Waals surface area (Å²) in [7, 11) is 0. The number of alkyl halides is 1. The van der Waals surface area contributed by atoms with E-state index in [4.69, 9.17) is 0 Å². The molecule has 1 aromatic carbocycles. The van der Waals surface area contributed by atoms with Crippen molar-refractivity contribution in [2.24, 2.45) is 0 Å². The Morgan fingerprint density at radius 1 is 1.50 bits per heavy atom. The molecule has 0 aliphatic heterocycles. The molecule has 14 heavy (non-hydrogen) atoms. The molecule has 0 saturated heterocycles. The first kappa shape index (κ1) is 10.2. The lowest BCUT2D eigenvalue weighted by molar-refractivity contribution is 0.112. The van der Waals surface area contributed by atoms with E-state index in [9.17, 15) is 4.79 Å². The first-order valence-electron chi connectivity index (χ1n) is 4.00. The van der Waals surface area contributed by atoms with Gasteiger partial charge in [-0.05, 0) is 17.7 Å². The summed E-state index contributed by atoms with van der Waals surface area (Å²) in [6.45, 7) is 0. The maximum Gasteiger partial charge on any atom is 0.150 e. The van der Waals surface area contributed by atoms with E-state index in [0.717, 1.165) is 37.7 Å². The molecule has 72 valence electrons. The van der Waals surface area contributed by atoms with Gasteiger partial charge in [-0.2, -0.15) is 0 Å². The van der Waals surface area contributed by atoms with Crippen LogP contribution in [0.15, 0.2) is 22.4 Å². The topological polar surface area (TPSA) is 17.1 Å². The van der Waals surface area contributed by atoms with Gasteiger partial charge in [-0.3, -0.25) is 4.79 Å². The van der Waals surface area contributed by atoms with Crippen LogP contribution < -0.4 is 0 Å². The SMILES string of the molecule is O=Cc1cc(CBr)c2c(S)csc2c1. The van der Waals surface area contributed by atoms with Crippen molar-refractivity contribution >= 4 is 56.3 Å². The molecular weight excluding hydrogens is 280 g/mol. The van der Waals surface area contributed by atoms with E-state index in [1.54, 1.807) is 11.3 Å². The molecular formula is C10H7BrOS2. The lowest BCUT2D eigenvalue weighted by atomic mass is 10.1. The van der Waals surface area contributed by atoms with E-state index >= 15 is 0 Å². The smallest absolute Gasteiger partial charge is 0.150 e. The molecule has 4 heteroatoms. The van der Waals surface area contributed by atoms with E-state index in [-0.39, 0.29) is 0 Å². The van der Waals surface area contributed by atoms with Gasteiger partial charge in [0.2, 0.25) is 0 Å². The van der Waals surface area contributed by atoms with E-state index in [1.807, 2.05) is 17.5 Å². The van der Waals surface area contributed by atoms with Gasteiger partial charge in [-0.15, -0.1) is 24.0 Å². The highest BCUT2D eigenvalue weighted by Gasteiger charge is 2.07. The number of carbonyl (C=O) groups is 1. The van der Waals surface area contributed by atoms with E-state index in [0.29, 0.717) is 0 Å². The first-order chi connectivity index (χ1) is 6.76. The van der Waals surface area contributed by atoms with Crippen molar-refractivity contribution in [1.29, 1.82) is 0 Å². The van der Waals surface area contributed by atoms with Gasteiger partial charge in [0.05, 0.1) is 0 Å². The first-order valence-corrected chi connectivity index (χ1v) is 6.45. The second-order valence-corrected chi connectivity index (χ2v) is 4.88. The summed E-state index contributed by atoms with van der Waals surface area (Å²) in [4.78, 5) is 11.7. The van der Waals surface area contributed by atoms with Crippen molar-refractivity contribution in [2.75, 3.05) is 0 Å². The van der Waals surface area contributed by atoms with Gasteiger partial charge in [0.15, 0.2) is 0 Å². The van der Waals surface area contributed by atoms with Crippen LogP contribution in [0.2, 0.25) is 0 Å². The number of rotatable bonds is 2. The lowest BCUT2D eigenvalue weighted by Gasteiger charge is -2.01. The highest BCUT2D eigenvalue weighted by Crippen LogP contribution is 2.33. The molecule has 1 nitrogen and oxygen atoms in total. The Balaban J connectivity index is 2.82. The molecule has 0 saturated carbocycles. The van der Waals surface area contributed by atoms with E-state index in [2.05, 4.69) is 28.6 Å². The second kappa shape index (κ2) is 4.04. The molecule has 0 bridgehead atoms. The Morgan fingerprint density at radius 2 is 2.29 bits per heavy atom. The number of fused-ring (bicyclic) bond motifs is 1. The van der Waals surface area contributed by atoms with Crippen molar-refractivity contribution in [3.8, 4) is 0 Å². The molecule has 0 fully saturated rings. The van der Waals surface area contributed by atoms with Crippen molar-refractivity contribution in [2.45, 2.75) is 10.2 Å². The fourth-order valence-electron chi connectivity index (χ4n) is 1.43. The zero-order valence-corrected chi connectivity index (χ0v) is 10.5. The number of benzene rings is 1. The zero-order chi connectivity index (χ0) is 10.1. The summed E-state index contributed by atoms with van der Waals surface area (Å²) in [6, 6.07) is 3.80. The normalized spacial score (nSPS) is 10.7. The van der Waals surface area contributed by atoms with Crippen molar-refractivity contribution in [3.63, 3.8) is 0 Å². The van der Waals surface area contributed by atoms with Crippen molar-refractivity contribution < 1.29 is 4.79 Å². The van der Waals surface area contributed by atoms with Crippen LogP contribution in [0.25, 0.3) is 10.1 Å². The zero-order valence-electron chi connectivity index (χ0n) is 7.16. The predicted octanol–water partition coefficient (Wildman–Crippen LogP) is 3.90. The summed E-state index contributed by atoms with van der Waals surface area (Å²) >= 11 is 9.42. The molecule has 0 unspecified atom stereocenters. The highest BCUT2D eigenvalue weighted by atomic mass is 79.9. The molecule has 0 aliphatic carbocycles. The molecule has 0 amide bonds. The third-order valence-electron chi connectivity index (χ3n) is 2.04. The average molecular weight is 287 g/mol. The molecule has 0 atom stereocenters. The third kappa shape index (κ3) is 1.62. The molecule has 0 spiro atoms. The fourth-order valence-corrected chi connectivity index (χ4v) is 3.29. The minimum atomic E-state index is 0.724. The minimum absolute atomic E-state index is 0.724. The number of thiol groups is 1. The number of halogens is 1. The Bertz CT molecular complexity index is 490. The Morgan fingerprint density at radius 3 is 2.93 bits per heavy atom. The summed E-state index contributed by atoms with van der Waals surface area (Å²) in [5, 5.41) is 3.89. The summed E-state index contributed by atoms with van der Waals surface area (Å²) < 4.78 is 1.12. The second-order valence-electron chi connectivity index (χ2n) is 2.93. The van der Waals surface area contributed by atoms with Crippen LogP contribution in [-0.4, -0.2) is 6.29 Å². The summed E-state index contributed by atoms with van der Waals surface area (Å²) in [5.41, 5.74) is 1.85. The van der Waals surface area contributed by atoms with Crippen LogP contribution in [0.1, 0.15) is 15.9 Å². The van der Waals surface area contributed by atoms with E-state index in [1.165, 1.54) is 0 Å². The Labute approximate surface area is 99.7 Å². The molecule has 0 radical (unpaired) electrons. The van der Waals surface area contributed by atoms with E-state index < -0.39 is 0 Å². The number of aldehydes is 1. The average Bonchev–Trinajstić information content (AvgIpc) is 2.59. The number of hydrogen-bond acceptors (Lipinski definition) is 3. The van der Waals surface area contributed by atoms with Crippen LogP contribution >= 0.6 is 39.9 Å². The van der Waals surface area contributed by atoms with Gasteiger partial charge in [0.25, 0.3) is 0 Å². The fraction of sp³-hybridized carbons (Fsp3) is 0.100. The number of carbonyl (C=O) groups excluding carboxylic acids is 1. The van der Waals surface area contributed by atoms with Gasteiger partial charge in [0, 0.05) is 31.3 Å². The highest BCUT2D eigenvalue weighted by molar-refractivity contribution is 9.08. The minimum Gasteiger partial charge on any atom is -0.298 e. The van der Waals surface area contributed by atoms with Crippen LogP contribution in [0.5, 0.6) is 0 Å². The van der Waals surface area contributed by atoms with Crippen LogP contribution in [-0.2, 0) is 5.33 Å². The molecule has 2 rings (SSSR count). The number of thiophene rings is 1. The van der Waals surface area contributed by atoms with Gasteiger partial charge in [-0.1, -0.05) is 15.9 Å². The van der Waals surface area contributed by atoms with Gasteiger partial charge < -0.3 is 0 Å². The van der Waals surface area contributed by atoms with Gasteiger partial charge in [0.1, 0.15) is 6.29 Å². The van der Waals surface area contributed by atoms with Gasteiger partial charge in [-0.25, -0.2) is 0 Å². The Kier molecular flexibility index (Phi) is 2.95. The molecule has 0 N–H and O–H groups in total. The maximum absolute atomic E-state index is 10.7. The van der Waals surface area contributed by atoms with Crippen LogP contribution in [0.3, 0.4) is 0 Å². The standard InChI is InChI=1S/C10H7BrOS2/c11-3-7-1-6(4-12)2-9-10(7)8(13)5-14-9/h1-2,4-5,13H,3H2. The van der Waals surface area contributed by atoms with Crippen LogP contribution in [0, 0.1) is 0 Å². The lowest BCUT2D eigenvalue weighted by Crippen LogP contribution is -1.85. The molecule has 2 aromatic rings. The van der Waals surface area contributed by atoms with Crippen molar-refractivity contribution in [1.82, 2.24) is 0 Å². The van der Waals surface area contributed by atoms with Crippen molar-refractivity contribution in [3.05, 3.63) is 28.6 Å². The molecule has 0 aliphatic rings. The molecule has 1 heterocycles. The largest absolute Gasteiger partial charge is 0.298 e.